The lowest BCUT2D eigenvalue weighted by Gasteiger charge is -2.12. The van der Waals surface area contributed by atoms with Crippen LogP contribution in [0.1, 0.15) is 28.9 Å². The van der Waals surface area contributed by atoms with E-state index in [0.717, 1.165) is 24.2 Å². The van der Waals surface area contributed by atoms with E-state index in [1.165, 1.54) is 11.1 Å². The van der Waals surface area contributed by atoms with Gasteiger partial charge in [0.1, 0.15) is 0 Å². The van der Waals surface area contributed by atoms with E-state index >= 15 is 0 Å². The summed E-state index contributed by atoms with van der Waals surface area (Å²) in [6, 6.07) is 8.29. The molecule has 0 bridgehead atoms. The second kappa shape index (κ2) is 6.42. The van der Waals surface area contributed by atoms with Gasteiger partial charge in [-0.2, -0.15) is 5.10 Å². The molecule has 2 aromatic rings. The van der Waals surface area contributed by atoms with Crippen LogP contribution in [0, 0.1) is 13.8 Å². The van der Waals surface area contributed by atoms with Gasteiger partial charge in [-0.1, -0.05) is 35.9 Å². The Bertz CT molecular complexity index is 592. The summed E-state index contributed by atoms with van der Waals surface area (Å²) in [7, 11) is 1.86. The van der Waals surface area contributed by atoms with Gasteiger partial charge in [0.05, 0.1) is 22.5 Å². The van der Waals surface area contributed by atoms with Crippen molar-refractivity contribution in [2.45, 2.75) is 39.2 Å². The van der Waals surface area contributed by atoms with Crippen LogP contribution in [0.15, 0.2) is 24.3 Å². The third kappa shape index (κ3) is 3.41. The predicted octanol–water partition coefficient (Wildman–Crippen LogP) is 3.23. The van der Waals surface area contributed by atoms with Gasteiger partial charge in [-0.3, -0.25) is 4.68 Å². The van der Waals surface area contributed by atoms with Crippen LogP contribution in [0.3, 0.4) is 0 Å². The van der Waals surface area contributed by atoms with E-state index in [9.17, 15) is 5.11 Å². The molecule has 0 saturated heterocycles. The molecule has 0 saturated carbocycles. The van der Waals surface area contributed by atoms with E-state index in [2.05, 4.69) is 24.2 Å². The van der Waals surface area contributed by atoms with E-state index in [-0.39, 0.29) is 0 Å². The zero-order valence-electron chi connectivity index (χ0n) is 12.2. The lowest BCUT2D eigenvalue weighted by molar-refractivity contribution is 0.162. The third-order valence-corrected chi connectivity index (χ3v) is 4.19. The van der Waals surface area contributed by atoms with Crippen molar-refractivity contribution < 1.29 is 5.11 Å². The minimum Gasteiger partial charge on any atom is -0.393 e. The normalized spacial score (nSPS) is 12.7. The zero-order chi connectivity index (χ0) is 14.7. The van der Waals surface area contributed by atoms with Gasteiger partial charge in [0.15, 0.2) is 0 Å². The van der Waals surface area contributed by atoms with E-state index in [1.807, 2.05) is 26.1 Å². The Balaban J connectivity index is 1.96. The zero-order valence-corrected chi connectivity index (χ0v) is 13.0. The monoisotopic (exact) mass is 292 g/mol. The topological polar surface area (TPSA) is 38.1 Å². The van der Waals surface area contributed by atoms with Crippen LogP contribution in [-0.2, 0) is 19.9 Å². The summed E-state index contributed by atoms with van der Waals surface area (Å²) in [5.74, 6) is 0. The lowest BCUT2D eigenvalue weighted by atomic mass is 10.0. The molecule has 2 rings (SSSR count). The largest absolute Gasteiger partial charge is 0.393 e. The molecule has 1 unspecified atom stereocenters. The maximum absolute atomic E-state index is 10.2. The van der Waals surface area contributed by atoms with Crippen LogP contribution in [-0.4, -0.2) is 21.0 Å². The van der Waals surface area contributed by atoms with Gasteiger partial charge in [-0.15, -0.1) is 0 Å². The second-order valence-corrected chi connectivity index (χ2v) is 5.67. The van der Waals surface area contributed by atoms with Gasteiger partial charge in [-0.25, -0.2) is 0 Å². The summed E-state index contributed by atoms with van der Waals surface area (Å²) in [4.78, 5) is 0. The fourth-order valence-corrected chi connectivity index (χ4v) is 2.68. The fourth-order valence-electron chi connectivity index (χ4n) is 2.44. The van der Waals surface area contributed by atoms with E-state index < -0.39 is 6.10 Å². The van der Waals surface area contributed by atoms with E-state index in [4.69, 9.17) is 11.6 Å². The molecule has 1 aromatic heterocycles. The van der Waals surface area contributed by atoms with Gasteiger partial charge < -0.3 is 5.11 Å². The Hall–Kier alpha value is -1.32. The highest BCUT2D eigenvalue weighted by Gasteiger charge is 2.15. The van der Waals surface area contributed by atoms with Crippen molar-refractivity contribution in [1.29, 1.82) is 0 Å². The maximum atomic E-state index is 10.2. The first-order valence-electron chi connectivity index (χ1n) is 6.89. The molecule has 0 aliphatic carbocycles. The van der Waals surface area contributed by atoms with E-state index in [1.54, 1.807) is 4.68 Å². The molecule has 0 aliphatic heterocycles. The SMILES string of the molecule is Cc1ccccc1CCC(O)Cc1c(Cl)c(C)nn1C. The molecule has 1 atom stereocenters. The Morgan fingerprint density at radius 1 is 1.30 bits per heavy atom. The number of aliphatic hydroxyl groups is 1. The first-order valence-corrected chi connectivity index (χ1v) is 7.27. The Labute approximate surface area is 125 Å². The lowest BCUT2D eigenvalue weighted by Crippen LogP contribution is -2.14. The number of aliphatic hydroxyl groups excluding tert-OH is 1. The number of halogens is 1. The number of hydrogen-bond donors (Lipinski definition) is 1. The molecule has 108 valence electrons. The quantitative estimate of drug-likeness (QED) is 0.919. The fraction of sp³-hybridized carbons (Fsp3) is 0.438. The van der Waals surface area contributed by atoms with Crippen molar-refractivity contribution in [3.8, 4) is 0 Å². The maximum Gasteiger partial charge on any atom is 0.0847 e. The smallest absolute Gasteiger partial charge is 0.0847 e. The Kier molecular flexibility index (Phi) is 4.84. The summed E-state index contributed by atoms with van der Waals surface area (Å²) in [5, 5.41) is 15.2. The van der Waals surface area contributed by atoms with Gasteiger partial charge in [0, 0.05) is 13.5 Å². The van der Waals surface area contributed by atoms with Gasteiger partial charge in [0.25, 0.3) is 0 Å². The number of nitrogens with zero attached hydrogens (tertiary/aromatic N) is 2. The molecule has 0 aliphatic rings. The molecular formula is C16H21ClN2O. The highest BCUT2D eigenvalue weighted by molar-refractivity contribution is 6.31. The summed E-state index contributed by atoms with van der Waals surface area (Å²) in [5.41, 5.74) is 4.28. The van der Waals surface area contributed by atoms with Gasteiger partial charge in [0.2, 0.25) is 0 Å². The van der Waals surface area contributed by atoms with Crippen LogP contribution < -0.4 is 0 Å². The molecule has 1 heterocycles. The van der Waals surface area contributed by atoms with E-state index in [0.29, 0.717) is 11.4 Å². The molecular weight excluding hydrogens is 272 g/mol. The Morgan fingerprint density at radius 3 is 2.60 bits per heavy atom. The standard InChI is InChI=1S/C16H21ClN2O/c1-11-6-4-5-7-13(11)8-9-14(20)10-15-16(17)12(2)18-19(15)3/h4-7,14,20H,8-10H2,1-3H3. The molecule has 0 amide bonds. The third-order valence-electron chi connectivity index (χ3n) is 3.70. The second-order valence-electron chi connectivity index (χ2n) is 5.29. The van der Waals surface area contributed by atoms with Gasteiger partial charge >= 0.3 is 0 Å². The highest BCUT2D eigenvalue weighted by atomic mass is 35.5. The average Bonchev–Trinajstić information content (AvgIpc) is 2.64. The van der Waals surface area contributed by atoms with Crippen molar-refractivity contribution in [1.82, 2.24) is 9.78 Å². The number of benzene rings is 1. The predicted molar refractivity (Wildman–Crippen MR) is 82.2 cm³/mol. The summed E-state index contributed by atoms with van der Waals surface area (Å²) in [6.07, 6.45) is 1.75. The van der Waals surface area contributed by atoms with Crippen molar-refractivity contribution >= 4 is 11.6 Å². The van der Waals surface area contributed by atoms with Crippen LogP contribution in [0.2, 0.25) is 5.02 Å². The first kappa shape index (κ1) is 15.1. The van der Waals surface area contributed by atoms with Crippen LogP contribution in [0.25, 0.3) is 0 Å². The van der Waals surface area contributed by atoms with Crippen LogP contribution in [0.5, 0.6) is 0 Å². The Morgan fingerprint density at radius 2 is 2.00 bits per heavy atom. The summed E-state index contributed by atoms with van der Waals surface area (Å²) < 4.78 is 1.76. The molecule has 3 nitrogen and oxygen atoms in total. The molecule has 0 radical (unpaired) electrons. The first-order chi connectivity index (χ1) is 9.49. The number of aryl methyl sites for hydroxylation is 4. The molecule has 20 heavy (non-hydrogen) atoms. The minimum atomic E-state index is -0.401. The average molecular weight is 293 g/mol. The molecule has 1 aromatic carbocycles. The molecule has 4 heteroatoms. The van der Waals surface area contributed by atoms with Crippen molar-refractivity contribution in [3.05, 3.63) is 51.8 Å². The number of aromatic nitrogens is 2. The highest BCUT2D eigenvalue weighted by Crippen LogP contribution is 2.22. The van der Waals surface area contributed by atoms with Crippen molar-refractivity contribution in [3.63, 3.8) is 0 Å². The van der Waals surface area contributed by atoms with Gasteiger partial charge in [-0.05, 0) is 37.8 Å². The minimum absolute atomic E-state index is 0.401. The molecule has 0 spiro atoms. The molecule has 0 fully saturated rings. The van der Waals surface area contributed by atoms with Crippen LogP contribution in [0.4, 0.5) is 0 Å². The van der Waals surface area contributed by atoms with Crippen molar-refractivity contribution in [2.24, 2.45) is 7.05 Å². The number of rotatable bonds is 5. The van der Waals surface area contributed by atoms with Crippen LogP contribution >= 0.6 is 11.6 Å². The van der Waals surface area contributed by atoms with Crippen molar-refractivity contribution in [2.75, 3.05) is 0 Å². The number of hydrogen-bond acceptors (Lipinski definition) is 2. The molecule has 1 N–H and O–H groups in total. The summed E-state index contributed by atoms with van der Waals surface area (Å²) in [6.45, 7) is 3.98. The summed E-state index contributed by atoms with van der Waals surface area (Å²) >= 11 is 6.21.